The Bertz CT molecular complexity index is 3650. The third kappa shape index (κ3) is 5.34. The maximum atomic E-state index is 9.27. The summed E-state index contributed by atoms with van der Waals surface area (Å²) >= 11 is 0. The maximum absolute atomic E-state index is 9.27. The molecule has 11 aromatic rings. The standard InChI is InChI=1S/C51H31N3O/c1-2-11-32(12-3-1)33-21-24-35(25-22-33)49-52-50(38-27-28-42-37(29-38)26-23-34-13-4-6-15-40(34)42)54-51(53-49)39-30-36-14-5-7-16-41(36)45(31-39)43-18-10-20-47-48(43)44-17-8-9-19-46(44)55-47/h1-31H/i1D,2D,3D,8D,11D,12D,18D. The molecule has 4 heteroatoms. The lowest BCUT2D eigenvalue weighted by Crippen LogP contribution is -2.00. The summed E-state index contributed by atoms with van der Waals surface area (Å²) in [7, 11) is 0. The van der Waals surface area contributed by atoms with Crippen molar-refractivity contribution in [1.29, 1.82) is 0 Å². The first-order valence-corrected chi connectivity index (χ1v) is 17.9. The molecule has 55 heavy (non-hydrogen) atoms. The molecule has 0 fully saturated rings. The number of nitrogens with zero attached hydrogens (tertiary/aromatic N) is 3. The summed E-state index contributed by atoms with van der Waals surface area (Å²) < 4.78 is 65.5. The molecule has 0 aliphatic rings. The van der Waals surface area contributed by atoms with E-state index in [4.69, 9.17) is 27.6 Å². The van der Waals surface area contributed by atoms with Gasteiger partial charge in [-0.25, -0.2) is 15.0 Å². The minimum absolute atomic E-state index is 0.111. The number of hydrogen-bond donors (Lipinski definition) is 0. The molecular formula is C51H31N3O. The van der Waals surface area contributed by atoms with Gasteiger partial charge in [0.2, 0.25) is 0 Å². The van der Waals surface area contributed by atoms with Gasteiger partial charge in [-0.2, -0.15) is 0 Å². The van der Waals surface area contributed by atoms with E-state index in [1.807, 2.05) is 54.6 Å². The first-order valence-electron chi connectivity index (χ1n) is 21.4. The molecule has 0 unspecified atom stereocenters. The summed E-state index contributed by atoms with van der Waals surface area (Å²) in [4.78, 5) is 15.3. The van der Waals surface area contributed by atoms with Crippen molar-refractivity contribution in [2.45, 2.75) is 0 Å². The van der Waals surface area contributed by atoms with Crippen LogP contribution in [0.4, 0.5) is 0 Å². The van der Waals surface area contributed by atoms with Crippen molar-refractivity contribution < 1.29 is 14.0 Å². The SMILES string of the molecule is [2H]c1ccc2oc3ccc([2H])c(-c4cc(-c5nc(-c6ccc(-c7c([2H])c([2H])c([2H])c([2H])c7[2H])cc6)nc(-c6ccc7c(ccc8ccccc87)c6)n5)cc5ccccc45)c3c2c1. The molecule has 0 amide bonds. The summed E-state index contributed by atoms with van der Waals surface area (Å²) in [5.41, 5.74) is 5.39. The van der Waals surface area contributed by atoms with E-state index < -0.39 is 18.1 Å². The summed E-state index contributed by atoms with van der Waals surface area (Å²) in [6.45, 7) is 0. The van der Waals surface area contributed by atoms with Crippen molar-refractivity contribution in [1.82, 2.24) is 15.0 Å². The predicted octanol–water partition coefficient (Wildman–Crippen LogP) is 13.6. The third-order valence-corrected chi connectivity index (χ3v) is 10.2. The van der Waals surface area contributed by atoms with Gasteiger partial charge >= 0.3 is 0 Å². The average Bonchev–Trinajstić information content (AvgIpc) is 3.67. The zero-order valence-corrected chi connectivity index (χ0v) is 29.1. The molecule has 0 bridgehead atoms. The molecule has 0 N–H and O–H groups in total. The number of furan rings is 1. The largest absolute Gasteiger partial charge is 0.456 e. The number of rotatable bonds is 5. The molecule has 2 aromatic heterocycles. The quantitative estimate of drug-likeness (QED) is 0.167. The molecule has 2 heterocycles. The molecule has 0 aliphatic carbocycles. The highest BCUT2D eigenvalue weighted by Crippen LogP contribution is 2.41. The van der Waals surface area contributed by atoms with Crippen LogP contribution in [-0.4, -0.2) is 15.0 Å². The van der Waals surface area contributed by atoms with Crippen LogP contribution in [0.5, 0.6) is 0 Å². The molecule has 9 aromatic carbocycles. The maximum Gasteiger partial charge on any atom is 0.164 e. The van der Waals surface area contributed by atoms with Crippen LogP contribution >= 0.6 is 0 Å². The minimum atomic E-state index is -0.444. The van der Waals surface area contributed by atoms with E-state index >= 15 is 0 Å². The van der Waals surface area contributed by atoms with Crippen molar-refractivity contribution in [2.24, 2.45) is 0 Å². The first-order chi connectivity index (χ1) is 30.1. The highest BCUT2D eigenvalue weighted by Gasteiger charge is 2.18. The van der Waals surface area contributed by atoms with Gasteiger partial charge in [0.05, 0.1) is 9.60 Å². The molecule has 0 spiro atoms. The van der Waals surface area contributed by atoms with Crippen LogP contribution in [0.15, 0.2) is 192 Å². The fraction of sp³-hybridized carbons (Fsp3) is 0. The second-order valence-electron chi connectivity index (χ2n) is 13.5. The number of benzene rings is 9. The third-order valence-electron chi connectivity index (χ3n) is 10.2. The Kier molecular flexibility index (Phi) is 5.67. The van der Waals surface area contributed by atoms with Gasteiger partial charge in [-0.15, -0.1) is 0 Å². The highest BCUT2D eigenvalue weighted by atomic mass is 16.3. The lowest BCUT2D eigenvalue weighted by molar-refractivity contribution is 0.669. The van der Waals surface area contributed by atoms with Crippen LogP contribution in [0, 0.1) is 0 Å². The Balaban J connectivity index is 1.13. The average molecular weight is 709 g/mol. The Hall–Kier alpha value is -7.43. The Morgan fingerprint density at radius 3 is 1.85 bits per heavy atom. The topological polar surface area (TPSA) is 51.8 Å². The zero-order chi connectivity index (χ0) is 42.4. The fourth-order valence-electron chi connectivity index (χ4n) is 7.61. The molecule has 0 atom stereocenters. The monoisotopic (exact) mass is 708 g/mol. The second-order valence-corrected chi connectivity index (χ2v) is 13.5. The van der Waals surface area contributed by atoms with E-state index in [2.05, 4.69) is 36.4 Å². The van der Waals surface area contributed by atoms with Crippen molar-refractivity contribution in [3.63, 3.8) is 0 Å². The van der Waals surface area contributed by atoms with Crippen LogP contribution in [0.1, 0.15) is 9.60 Å². The Labute approximate surface area is 326 Å². The van der Waals surface area contributed by atoms with Crippen LogP contribution in [-0.2, 0) is 0 Å². The van der Waals surface area contributed by atoms with E-state index in [0.29, 0.717) is 63.0 Å². The first kappa shape index (κ1) is 24.7. The zero-order valence-electron chi connectivity index (χ0n) is 36.1. The summed E-state index contributed by atoms with van der Waals surface area (Å²) in [6, 6.07) is 45.4. The van der Waals surface area contributed by atoms with Gasteiger partial charge in [-0.3, -0.25) is 0 Å². The van der Waals surface area contributed by atoms with Gasteiger partial charge in [0.25, 0.3) is 0 Å². The number of aromatic nitrogens is 3. The van der Waals surface area contributed by atoms with Crippen LogP contribution in [0.25, 0.3) is 111 Å². The van der Waals surface area contributed by atoms with Crippen LogP contribution < -0.4 is 0 Å². The molecule has 256 valence electrons. The molecule has 0 radical (unpaired) electrons. The molecular weight excluding hydrogens is 671 g/mol. The molecule has 0 saturated carbocycles. The van der Waals surface area contributed by atoms with E-state index in [1.165, 1.54) is 0 Å². The lowest BCUT2D eigenvalue weighted by atomic mass is 9.92. The number of para-hydroxylation sites is 1. The lowest BCUT2D eigenvalue weighted by Gasteiger charge is -2.13. The van der Waals surface area contributed by atoms with E-state index in [0.717, 1.165) is 54.2 Å². The van der Waals surface area contributed by atoms with E-state index in [9.17, 15) is 1.37 Å². The molecule has 11 rings (SSSR count). The molecule has 0 saturated heterocycles. The van der Waals surface area contributed by atoms with Crippen molar-refractivity contribution in [3.05, 3.63) is 188 Å². The van der Waals surface area contributed by atoms with Gasteiger partial charge < -0.3 is 4.42 Å². The van der Waals surface area contributed by atoms with Gasteiger partial charge in [0.15, 0.2) is 17.5 Å². The van der Waals surface area contributed by atoms with Crippen molar-refractivity contribution in [2.75, 3.05) is 0 Å². The summed E-state index contributed by atoms with van der Waals surface area (Å²) in [5, 5.41) is 7.77. The number of fused-ring (bicyclic) bond motifs is 7. The van der Waals surface area contributed by atoms with Gasteiger partial charge in [0.1, 0.15) is 11.2 Å². The smallest absolute Gasteiger partial charge is 0.164 e. The molecule has 4 nitrogen and oxygen atoms in total. The van der Waals surface area contributed by atoms with Gasteiger partial charge in [0, 0.05) is 27.5 Å². The fourth-order valence-corrected chi connectivity index (χ4v) is 7.61. The summed E-state index contributed by atoms with van der Waals surface area (Å²) in [6.07, 6.45) is 0. The summed E-state index contributed by atoms with van der Waals surface area (Å²) in [5.74, 6) is 1.21. The van der Waals surface area contributed by atoms with Crippen LogP contribution in [0.2, 0.25) is 0 Å². The highest BCUT2D eigenvalue weighted by molar-refractivity contribution is 6.16. The van der Waals surface area contributed by atoms with Crippen molar-refractivity contribution in [3.8, 4) is 56.4 Å². The minimum Gasteiger partial charge on any atom is -0.456 e. The number of hydrogen-bond acceptors (Lipinski definition) is 4. The Morgan fingerprint density at radius 2 is 1.00 bits per heavy atom. The van der Waals surface area contributed by atoms with E-state index in [1.54, 1.807) is 54.6 Å². The molecule has 0 aliphatic heterocycles. The van der Waals surface area contributed by atoms with Crippen molar-refractivity contribution >= 4 is 54.3 Å². The van der Waals surface area contributed by atoms with Gasteiger partial charge in [-0.1, -0.05) is 158 Å². The normalized spacial score (nSPS) is 13.4. The van der Waals surface area contributed by atoms with E-state index in [-0.39, 0.29) is 17.6 Å². The van der Waals surface area contributed by atoms with Crippen LogP contribution in [0.3, 0.4) is 0 Å². The Morgan fingerprint density at radius 1 is 0.364 bits per heavy atom. The van der Waals surface area contributed by atoms with Gasteiger partial charge in [-0.05, 0) is 84.9 Å². The second kappa shape index (κ2) is 12.6. The predicted molar refractivity (Wildman–Crippen MR) is 227 cm³/mol.